The van der Waals surface area contributed by atoms with Crippen LogP contribution in [-0.4, -0.2) is 18.1 Å². The second kappa shape index (κ2) is 2.27. The van der Waals surface area contributed by atoms with Crippen molar-refractivity contribution in [2.75, 3.05) is 6.54 Å². The van der Waals surface area contributed by atoms with Crippen molar-refractivity contribution >= 4 is 0 Å². The lowest BCUT2D eigenvalue weighted by Crippen LogP contribution is -2.38. The van der Waals surface area contributed by atoms with Crippen LogP contribution in [0.5, 0.6) is 0 Å². The Bertz CT molecular complexity index is 95.1. The molecule has 9 heavy (non-hydrogen) atoms. The Hall–Kier alpha value is -0.0800. The van der Waals surface area contributed by atoms with Gasteiger partial charge in [-0.2, -0.15) is 0 Å². The Kier molecular flexibility index (Phi) is 1.78. The Morgan fingerprint density at radius 2 is 2.11 bits per heavy atom. The van der Waals surface area contributed by atoms with Crippen LogP contribution < -0.4 is 11.1 Å². The molecule has 1 aliphatic rings. The van der Waals surface area contributed by atoms with Crippen LogP contribution in [0.1, 0.15) is 26.7 Å². The lowest BCUT2D eigenvalue weighted by Gasteiger charge is -2.12. The molecule has 0 aromatic heterocycles. The molecule has 0 radical (unpaired) electrons. The Labute approximate surface area is 56.8 Å². The van der Waals surface area contributed by atoms with E-state index in [0.717, 1.165) is 6.54 Å². The van der Waals surface area contributed by atoms with Gasteiger partial charge < -0.3 is 11.1 Å². The standard InChI is InChI=1S/C7H16N2/c1-6(2)9-5-7(8)3-4-7/h6,9H,3-5,8H2,1-2H3. The molecule has 0 aliphatic heterocycles. The maximum Gasteiger partial charge on any atom is 0.0282 e. The van der Waals surface area contributed by atoms with Crippen LogP contribution in [0.15, 0.2) is 0 Å². The maximum atomic E-state index is 5.83. The minimum Gasteiger partial charge on any atom is -0.324 e. The highest BCUT2D eigenvalue weighted by Gasteiger charge is 2.37. The van der Waals surface area contributed by atoms with E-state index >= 15 is 0 Å². The van der Waals surface area contributed by atoms with Crippen molar-refractivity contribution in [2.24, 2.45) is 5.73 Å². The minimum atomic E-state index is 0.171. The summed E-state index contributed by atoms with van der Waals surface area (Å²) in [7, 11) is 0. The van der Waals surface area contributed by atoms with Gasteiger partial charge in [-0.25, -0.2) is 0 Å². The average Bonchev–Trinajstić information content (AvgIpc) is 2.45. The lowest BCUT2D eigenvalue weighted by atomic mass is 10.3. The highest BCUT2D eigenvalue weighted by Crippen LogP contribution is 2.30. The van der Waals surface area contributed by atoms with E-state index in [-0.39, 0.29) is 5.54 Å². The monoisotopic (exact) mass is 128 g/mol. The third-order valence-corrected chi connectivity index (χ3v) is 1.75. The van der Waals surface area contributed by atoms with E-state index in [4.69, 9.17) is 5.73 Å². The van der Waals surface area contributed by atoms with E-state index in [1.807, 2.05) is 0 Å². The van der Waals surface area contributed by atoms with E-state index in [9.17, 15) is 0 Å². The van der Waals surface area contributed by atoms with Gasteiger partial charge in [0.05, 0.1) is 0 Å². The maximum absolute atomic E-state index is 5.83. The van der Waals surface area contributed by atoms with Gasteiger partial charge in [-0.15, -0.1) is 0 Å². The van der Waals surface area contributed by atoms with E-state index in [0.29, 0.717) is 6.04 Å². The smallest absolute Gasteiger partial charge is 0.0282 e. The number of nitrogens with one attached hydrogen (secondary N) is 1. The first-order valence-corrected chi connectivity index (χ1v) is 3.65. The normalized spacial score (nSPS) is 22.7. The Balaban J connectivity index is 2.05. The molecular formula is C7H16N2. The van der Waals surface area contributed by atoms with Gasteiger partial charge in [-0.1, -0.05) is 13.8 Å². The Morgan fingerprint density at radius 1 is 1.56 bits per heavy atom. The van der Waals surface area contributed by atoms with Crippen LogP contribution in [-0.2, 0) is 0 Å². The highest BCUT2D eigenvalue weighted by atomic mass is 15.0. The summed E-state index contributed by atoms with van der Waals surface area (Å²) in [6, 6.07) is 0.575. The zero-order valence-corrected chi connectivity index (χ0v) is 6.28. The zero-order chi connectivity index (χ0) is 6.91. The summed E-state index contributed by atoms with van der Waals surface area (Å²) in [5.41, 5.74) is 6.00. The van der Waals surface area contributed by atoms with Gasteiger partial charge in [-0.05, 0) is 12.8 Å². The molecule has 1 saturated carbocycles. The quantitative estimate of drug-likeness (QED) is 0.580. The fourth-order valence-corrected chi connectivity index (χ4v) is 0.745. The summed E-state index contributed by atoms with van der Waals surface area (Å²) >= 11 is 0. The molecule has 0 amide bonds. The second-order valence-corrected chi connectivity index (χ2v) is 3.40. The average molecular weight is 128 g/mol. The van der Waals surface area contributed by atoms with Crippen LogP contribution in [0.2, 0.25) is 0 Å². The van der Waals surface area contributed by atoms with Crippen LogP contribution >= 0.6 is 0 Å². The van der Waals surface area contributed by atoms with E-state index in [1.54, 1.807) is 0 Å². The van der Waals surface area contributed by atoms with Gasteiger partial charge in [0.15, 0.2) is 0 Å². The van der Waals surface area contributed by atoms with Crippen molar-refractivity contribution in [1.29, 1.82) is 0 Å². The fraction of sp³-hybridized carbons (Fsp3) is 1.00. The Morgan fingerprint density at radius 3 is 2.44 bits per heavy atom. The molecule has 0 saturated heterocycles. The summed E-state index contributed by atoms with van der Waals surface area (Å²) in [5.74, 6) is 0. The van der Waals surface area contributed by atoms with Gasteiger partial charge in [0.2, 0.25) is 0 Å². The van der Waals surface area contributed by atoms with Gasteiger partial charge in [0.25, 0.3) is 0 Å². The molecule has 1 fully saturated rings. The molecule has 54 valence electrons. The first-order valence-electron chi connectivity index (χ1n) is 3.65. The zero-order valence-electron chi connectivity index (χ0n) is 6.28. The first kappa shape index (κ1) is 7.03. The van der Waals surface area contributed by atoms with Crippen molar-refractivity contribution < 1.29 is 0 Å². The first-order chi connectivity index (χ1) is 4.12. The van der Waals surface area contributed by atoms with Gasteiger partial charge in [-0.3, -0.25) is 0 Å². The molecule has 2 heteroatoms. The second-order valence-electron chi connectivity index (χ2n) is 3.40. The molecule has 1 rings (SSSR count). The van der Waals surface area contributed by atoms with Crippen molar-refractivity contribution in [2.45, 2.75) is 38.3 Å². The van der Waals surface area contributed by atoms with Crippen LogP contribution in [0, 0.1) is 0 Å². The summed E-state index contributed by atoms with van der Waals surface area (Å²) in [4.78, 5) is 0. The number of hydrogen-bond donors (Lipinski definition) is 2. The van der Waals surface area contributed by atoms with E-state index < -0.39 is 0 Å². The van der Waals surface area contributed by atoms with Crippen molar-refractivity contribution in [1.82, 2.24) is 5.32 Å². The minimum absolute atomic E-state index is 0.171. The molecule has 0 bridgehead atoms. The fourth-order valence-electron chi connectivity index (χ4n) is 0.745. The number of nitrogens with two attached hydrogens (primary N) is 1. The highest BCUT2D eigenvalue weighted by molar-refractivity contribution is 5.00. The molecule has 0 atom stereocenters. The molecule has 2 nitrogen and oxygen atoms in total. The van der Waals surface area contributed by atoms with Gasteiger partial charge in [0.1, 0.15) is 0 Å². The van der Waals surface area contributed by atoms with Crippen molar-refractivity contribution in [3.8, 4) is 0 Å². The molecular weight excluding hydrogens is 112 g/mol. The molecule has 0 aromatic carbocycles. The van der Waals surface area contributed by atoms with Crippen molar-refractivity contribution in [3.63, 3.8) is 0 Å². The molecule has 0 aromatic rings. The van der Waals surface area contributed by atoms with Gasteiger partial charge in [0, 0.05) is 18.1 Å². The van der Waals surface area contributed by atoms with Crippen LogP contribution in [0.25, 0.3) is 0 Å². The van der Waals surface area contributed by atoms with Crippen LogP contribution in [0.3, 0.4) is 0 Å². The molecule has 3 N–H and O–H groups in total. The molecule has 0 spiro atoms. The van der Waals surface area contributed by atoms with Crippen molar-refractivity contribution in [3.05, 3.63) is 0 Å². The largest absolute Gasteiger partial charge is 0.324 e. The molecule has 0 unspecified atom stereocenters. The molecule has 0 heterocycles. The van der Waals surface area contributed by atoms with Crippen LogP contribution in [0.4, 0.5) is 0 Å². The summed E-state index contributed by atoms with van der Waals surface area (Å²) in [6.45, 7) is 5.28. The molecule has 1 aliphatic carbocycles. The topological polar surface area (TPSA) is 38.0 Å². The lowest BCUT2D eigenvalue weighted by molar-refractivity contribution is 0.518. The van der Waals surface area contributed by atoms with E-state index in [2.05, 4.69) is 19.2 Å². The number of rotatable bonds is 3. The van der Waals surface area contributed by atoms with Gasteiger partial charge >= 0.3 is 0 Å². The SMILES string of the molecule is CC(C)NCC1(N)CC1. The third-order valence-electron chi connectivity index (χ3n) is 1.75. The summed E-state index contributed by atoms with van der Waals surface area (Å²) < 4.78 is 0. The predicted octanol–water partition coefficient (Wildman–Crippen LogP) is 0.476. The van der Waals surface area contributed by atoms with E-state index in [1.165, 1.54) is 12.8 Å². The summed E-state index contributed by atoms with van der Waals surface area (Å²) in [6.07, 6.45) is 2.40. The summed E-state index contributed by atoms with van der Waals surface area (Å²) in [5, 5.41) is 3.32. The third kappa shape index (κ3) is 2.33. The number of hydrogen-bond acceptors (Lipinski definition) is 2. The predicted molar refractivity (Wildman–Crippen MR) is 39.3 cm³/mol.